The van der Waals surface area contributed by atoms with Gasteiger partial charge in [-0.1, -0.05) is 6.92 Å². The lowest BCUT2D eigenvalue weighted by molar-refractivity contribution is -0.0890. The fourth-order valence-corrected chi connectivity index (χ4v) is 4.46. The Morgan fingerprint density at radius 2 is 2.44 bits per heavy atom. The normalized spacial score (nSPS) is 34.0. The van der Waals surface area contributed by atoms with Gasteiger partial charge < -0.3 is 14.8 Å². The molecule has 0 radical (unpaired) electrons. The van der Waals surface area contributed by atoms with Gasteiger partial charge in [-0.25, -0.2) is 0 Å². The highest BCUT2D eigenvalue weighted by molar-refractivity contribution is 7.99. The molecular formula is C14H27NO2S. The minimum atomic E-state index is 0.188. The molecule has 0 aromatic carbocycles. The molecule has 0 aliphatic carbocycles. The van der Waals surface area contributed by atoms with E-state index < -0.39 is 0 Å². The first-order valence-corrected chi connectivity index (χ1v) is 8.42. The summed E-state index contributed by atoms with van der Waals surface area (Å²) >= 11 is 2.05. The third-order valence-corrected chi connectivity index (χ3v) is 5.41. The molecule has 2 aliphatic rings. The van der Waals surface area contributed by atoms with Crippen LogP contribution in [0.25, 0.3) is 0 Å². The van der Waals surface area contributed by atoms with Crippen LogP contribution in [0, 0.1) is 5.92 Å². The van der Waals surface area contributed by atoms with Gasteiger partial charge in [-0.2, -0.15) is 11.8 Å². The van der Waals surface area contributed by atoms with Crippen molar-refractivity contribution >= 4 is 11.8 Å². The van der Waals surface area contributed by atoms with Gasteiger partial charge >= 0.3 is 0 Å². The standard InChI is InChI=1S/C14H27NO2S/c1-3-6-16-10-13(15-2)12-4-7-17-14(9-12)5-8-18-11-14/h12-13,15H,3-11H2,1-2H3. The highest BCUT2D eigenvalue weighted by atomic mass is 32.2. The zero-order valence-corrected chi connectivity index (χ0v) is 12.6. The zero-order valence-electron chi connectivity index (χ0n) is 11.7. The Kier molecular flexibility index (Phi) is 5.80. The molecule has 2 rings (SSSR count). The molecule has 0 saturated carbocycles. The Hall–Kier alpha value is 0.230. The maximum Gasteiger partial charge on any atom is 0.0783 e. The van der Waals surface area contributed by atoms with Crippen LogP contribution in [0.5, 0.6) is 0 Å². The van der Waals surface area contributed by atoms with Crippen LogP contribution in [0.1, 0.15) is 32.6 Å². The van der Waals surface area contributed by atoms with Crippen LogP contribution in [0.15, 0.2) is 0 Å². The van der Waals surface area contributed by atoms with E-state index in [4.69, 9.17) is 9.47 Å². The third-order valence-electron chi connectivity index (χ3n) is 4.18. The van der Waals surface area contributed by atoms with Gasteiger partial charge in [-0.15, -0.1) is 0 Å². The van der Waals surface area contributed by atoms with E-state index in [0.717, 1.165) is 26.2 Å². The molecule has 3 unspecified atom stereocenters. The topological polar surface area (TPSA) is 30.5 Å². The Labute approximate surface area is 115 Å². The number of hydrogen-bond donors (Lipinski definition) is 1. The number of likely N-dealkylation sites (N-methyl/N-ethyl adjacent to an activating group) is 1. The smallest absolute Gasteiger partial charge is 0.0783 e. The lowest BCUT2D eigenvalue weighted by atomic mass is 9.81. The summed E-state index contributed by atoms with van der Waals surface area (Å²) in [4.78, 5) is 0. The van der Waals surface area contributed by atoms with Crippen molar-refractivity contribution in [2.24, 2.45) is 5.92 Å². The van der Waals surface area contributed by atoms with E-state index in [-0.39, 0.29) is 5.60 Å². The van der Waals surface area contributed by atoms with Crippen LogP contribution in [-0.4, -0.2) is 50.0 Å². The van der Waals surface area contributed by atoms with Crippen LogP contribution < -0.4 is 5.32 Å². The molecule has 0 amide bonds. The second kappa shape index (κ2) is 7.13. The minimum Gasteiger partial charge on any atom is -0.380 e. The highest BCUT2D eigenvalue weighted by Crippen LogP contribution is 2.41. The van der Waals surface area contributed by atoms with Gasteiger partial charge in [0.25, 0.3) is 0 Å². The van der Waals surface area contributed by atoms with Crippen molar-refractivity contribution in [1.29, 1.82) is 0 Å². The molecule has 4 heteroatoms. The molecule has 2 saturated heterocycles. The maximum absolute atomic E-state index is 6.09. The molecule has 3 atom stereocenters. The van der Waals surface area contributed by atoms with Crippen LogP contribution >= 0.6 is 11.8 Å². The summed E-state index contributed by atoms with van der Waals surface area (Å²) in [7, 11) is 2.06. The number of rotatable bonds is 6. The SMILES string of the molecule is CCCOCC(NC)C1CCOC2(CCSC2)C1. The molecule has 3 nitrogen and oxygen atoms in total. The molecule has 1 spiro atoms. The van der Waals surface area contributed by atoms with E-state index in [1.807, 2.05) is 11.8 Å². The fourth-order valence-electron chi connectivity index (χ4n) is 3.08. The molecule has 2 fully saturated rings. The molecule has 0 aromatic heterocycles. The Morgan fingerprint density at radius 1 is 1.56 bits per heavy atom. The number of hydrogen-bond acceptors (Lipinski definition) is 4. The van der Waals surface area contributed by atoms with Crippen molar-refractivity contribution in [2.75, 3.05) is 38.4 Å². The predicted molar refractivity (Wildman–Crippen MR) is 77.3 cm³/mol. The summed E-state index contributed by atoms with van der Waals surface area (Å²) < 4.78 is 11.8. The van der Waals surface area contributed by atoms with E-state index in [2.05, 4.69) is 19.3 Å². The molecule has 2 heterocycles. The summed E-state index contributed by atoms with van der Waals surface area (Å²) in [5.74, 6) is 3.17. The molecule has 2 aliphatic heterocycles. The van der Waals surface area contributed by atoms with Crippen molar-refractivity contribution in [2.45, 2.75) is 44.2 Å². The number of thioether (sulfide) groups is 1. The van der Waals surface area contributed by atoms with Gasteiger partial charge in [0.05, 0.1) is 12.2 Å². The van der Waals surface area contributed by atoms with E-state index in [1.54, 1.807) is 0 Å². The summed E-state index contributed by atoms with van der Waals surface area (Å²) in [5.41, 5.74) is 0.188. The van der Waals surface area contributed by atoms with Crippen LogP contribution in [-0.2, 0) is 9.47 Å². The predicted octanol–water partition coefficient (Wildman–Crippen LogP) is 2.30. The van der Waals surface area contributed by atoms with E-state index >= 15 is 0 Å². The lowest BCUT2D eigenvalue weighted by Crippen LogP contribution is -2.48. The van der Waals surface area contributed by atoms with Crippen LogP contribution in [0.3, 0.4) is 0 Å². The van der Waals surface area contributed by atoms with Crippen LogP contribution in [0.4, 0.5) is 0 Å². The first-order valence-electron chi connectivity index (χ1n) is 7.26. The summed E-state index contributed by atoms with van der Waals surface area (Å²) in [6, 6.07) is 0.489. The largest absolute Gasteiger partial charge is 0.380 e. The molecule has 0 bridgehead atoms. The monoisotopic (exact) mass is 273 g/mol. The molecular weight excluding hydrogens is 246 g/mol. The lowest BCUT2D eigenvalue weighted by Gasteiger charge is -2.40. The summed E-state index contributed by atoms with van der Waals surface area (Å²) in [6.45, 7) is 4.81. The zero-order chi connectivity index (χ0) is 12.8. The highest BCUT2D eigenvalue weighted by Gasteiger charge is 2.42. The fraction of sp³-hybridized carbons (Fsp3) is 1.00. The summed E-state index contributed by atoms with van der Waals surface area (Å²) in [6.07, 6.45) is 4.72. The number of ether oxygens (including phenoxy) is 2. The van der Waals surface area contributed by atoms with E-state index in [9.17, 15) is 0 Å². The maximum atomic E-state index is 6.09. The van der Waals surface area contributed by atoms with Crippen molar-refractivity contribution in [3.05, 3.63) is 0 Å². The van der Waals surface area contributed by atoms with Gasteiger partial charge in [0.2, 0.25) is 0 Å². The van der Waals surface area contributed by atoms with Gasteiger partial charge in [0.15, 0.2) is 0 Å². The van der Waals surface area contributed by atoms with E-state index in [1.165, 1.54) is 30.8 Å². The molecule has 0 aromatic rings. The second-order valence-corrected chi connectivity index (χ2v) is 6.66. The van der Waals surface area contributed by atoms with Crippen molar-refractivity contribution in [1.82, 2.24) is 5.32 Å². The van der Waals surface area contributed by atoms with Gasteiger partial charge in [0.1, 0.15) is 0 Å². The average Bonchev–Trinajstić information content (AvgIpc) is 2.83. The Balaban J connectivity index is 1.85. The first-order chi connectivity index (χ1) is 8.79. The van der Waals surface area contributed by atoms with Gasteiger partial charge in [-0.05, 0) is 44.4 Å². The Morgan fingerprint density at radius 3 is 3.11 bits per heavy atom. The quantitative estimate of drug-likeness (QED) is 0.752. The van der Waals surface area contributed by atoms with E-state index in [0.29, 0.717) is 12.0 Å². The van der Waals surface area contributed by atoms with Crippen LogP contribution in [0.2, 0.25) is 0 Å². The third kappa shape index (κ3) is 3.62. The summed E-state index contributed by atoms with van der Waals surface area (Å²) in [5, 5.41) is 3.45. The second-order valence-electron chi connectivity index (χ2n) is 5.56. The number of nitrogens with one attached hydrogen (secondary N) is 1. The van der Waals surface area contributed by atoms with Gasteiger partial charge in [0, 0.05) is 25.0 Å². The average molecular weight is 273 g/mol. The van der Waals surface area contributed by atoms with Crippen molar-refractivity contribution in [3.8, 4) is 0 Å². The first kappa shape index (κ1) is 14.6. The Bertz CT molecular complexity index is 244. The molecule has 18 heavy (non-hydrogen) atoms. The van der Waals surface area contributed by atoms with Crippen molar-refractivity contribution < 1.29 is 9.47 Å². The van der Waals surface area contributed by atoms with Gasteiger partial charge in [-0.3, -0.25) is 0 Å². The minimum absolute atomic E-state index is 0.188. The molecule has 1 N–H and O–H groups in total. The van der Waals surface area contributed by atoms with Crippen molar-refractivity contribution in [3.63, 3.8) is 0 Å². The molecule has 106 valence electrons.